The lowest BCUT2D eigenvalue weighted by Gasteiger charge is -2.39. The van der Waals surface area contributed by atoms with E-state index < -0.39 is 43.3 Å². The Balaban J connectivity index is 2.56. The smallest absolute Gasteiger partial charge is 0.308 e. The molecule has 1 unspecified atom stereocenters. The van der Waals surface area contributed by atoms with E-state index in [1.165, 1.54) is 0 Å². The van der Waals surface area contributed by atoms with Crippen LogP contribution in [-0.2, 0) is 14.3 Å². The van der Waals surface area contributed by atoms with Crippen molar-refractivity contribution in [2.75, 3.05) is 6.61 Å². The Morgan fingerprint density at radius 2 is 1.89 bits per heavy atom. The second-order valence-corrected chi connectivity index (χ2v) is 4.29. The number of unbranched alkanes of at least 4 members (excludes halogenated alkanes) is 1. The van der Waals surface area contributed by atoms with Gasteiger partial charge < -0.3 is 29.9 Å². The molecule has 0 saturated carbocycles. The third-order valence-electron chi connectivity index (χ3n) is 2.83. The fourth-order valence-corrected chi connectivity index (χ4v) is 1.67. The largest absolute Gasteiger partial charge is 0.433 e. The Morgan fingerprint density at radius 1 is 1.22 bits per heavy atom. The van der Waals surface area contributed by atoms with Gasteiger partial charge in [0.2, 0.25) is 6.29 Å². The summed E-state index contributed by atoms with van der Waals surface area (Å²) >= 11 is 0. The van der Waals surface area contributed by atoms with Crippen LogP contribution in [0.1, 0.15) is 26.2 Å². The van der Waals surface area contributed by atoms with Crippen molar-refractivity contribution in [3.63, 3.8) is 0 Å². The van der Waals surface area contributed by atoms with E-state index in [-0.39, 0.29) is 6.42 Å². The minimum atomic E-state index is -1.53. The summed E-state index contributed by atoms with van der Waals surface area (Å²) in [4.78, 5) is 11.4. The van der Waals surface area contributed by atoms with E-state index >= 15 is 0 Å². The van der Waals surface area contributed by atoms with E-state index in [1.54, 1.807) is 0 Å². The molecule has 106 valence electrons. The Hall–Kier alpha value is -0.730. The molecule has 1 aliphatic heterocycles. The van der Waals surface area contributed by atoms with Crippen LogP contribution in [0.25, 0.3) is 0 Å². The van der Waals surface area contributed by atoms with E-state index in [0.717, 1.165) is 6.42 Å². The van der Waals surface area contributed by atoms with Crippen molar-refractivity contribution in [2.45, 2.75) is 56.9 Å². The van der Waals surface area contributed by atoms with Crippen LogP contribution in [-0.4, -0.2) is 63.7 Å². The first-order valence-electron chi connectivity index (χ1n) is 6.01. The van der Waals surface area contributed by atoms with E-state index in [1.807, 2.05) is 6.92 Å². The third-order valence-corrected chi connectivity index (χ3v) is 2.83. The predicted molar refractivity (Wildman–Crippen MR) is 59.4 cm³/mol. The average molecular weight is 264 g/mol. The molecular formula is C11H20O7. The molecule has 1 aliphatic rings. The van der Waals surface area contributed by atoms with Crippen molar-refractivity contribution in [1.82, 2.24) is 0 Å². The van der Waals surface area contributed by atoms with Crippen molar-refractivity contribution in [1.29, 1.82) is 0 Å². The molecule has 18 heavy (non-hydrogen) atoms. The number of hydrogen-bond acceptors (Lipinski definition) is 7. The number of aliphatic hydroxyl groups excluding tert-OH is 4. The number of aliphatic hydroxyl groups is 4. The molecule has 7 nitrogen and oxygen atoms in total. The van der Waals surface area contributed by atoms with Crippen LogP contribution >= 0.6 is 0 Å². The highest BCUT2D eigenvalue weighted by atomic mass is 16.7. The van der Waals surface area contributed by atoms with Crippen molar-refractivity contribution >= 4 is 5.97 Å². The molecule has 0 aliphatic carbocycles. The van der Waals surface area contributed by atoms with Gasteiger partial charge in [-0.25, -0.2) is 0 Å². The summed E-state index contributed by atoms with van der Waals surface area (Å²) in [5, 5.41) is 37.5. The van der Waals surface area contributed by atoms with Crippen molar-refractivity contribution < 1.29 is 34.7 Å². The van der Waals surface area contributed by atoms with Crippen LogP contribution in [0, 0.1) is 0 Å². The second-order valence-electron chi connectivity index (χ2n) is 4.29. The van der Waals surface area contributed by atoms with Gasteiger partial charge in [0.15, 0.2) is 0 Å². The van der Waals surface area contributed by atoms with Gasteiger partial charge in [-0.3, -0.25) is 4.79 Å². The molecule has 0 aromatic heterocycles. The summed E-state index contributed by atoms with van der Waals surface area (Å²) in [7, 11) is 0. The molecule has 0 spiro atoms. The summed E-state index contributed by atoms with van der Waals surface area (Å²) in [6.07, 6.45) is -5.29. The summed E-state index contributed by atoms with van der Waals surface area (Å²) in [6.45, 7) is 1.37. The standard InChI is InChI=1S/C11H20O7/c1-2-3-4-7(13)18-11-10(16)9(15)8(14)6(5-12)17-11/h6,8-12,14-16H,2-5H2,1H3/t6-,8-,9-,10+,11?/m1/s1. The first-order valence-corrected chi connectivity index (χ1v) is 6.01. The fourth-order valence-electron chi connectivity index (χ4n) is 1.67. The summed E-state index contributed by atoms with van der Waals surface area (Å²) < 4.78 is 9.89. The maximum atomic E-state index is 11.4. The zero-order chi connectivity index (χ0) is 13.7. The highest BCUT2D eigenvalue weighted by Gasteiger charge is 2.45. The van der Waals surface area contributed by atoms with Crippen LogP contribution in [0.2, 0.25) is 0 Å². The summed E-state index contributed by atoms with van der Waals surface area (Å²) in [6, 6.07) is 0. The van der Waals surface area contributed by atoms with Crippen LogP contribution in [0.5, 0.6) is 0 Å². The number of rotatable bonds is 5. The topological polar surface area (TPSA) is 116 Å². The molecular weight excluding hydrogens is 244 g/mol. The third kappa shape index (κ3) is 3.63. The van der Waals surface area contributed by atoms with Crippen LogP contribution < -0.4 is 0 Å². The molecule has 0 bridgehead atoms. The van der Waals surface area contributed by atoms with Gasteiger partial charge >= 0.3 is 5.97 Å². The molecule has 0 amide bonds. The minimum absolute atomic E-state index is 0.186. The van der Waals surface area contributed by atoms with Crippen LogP contribution in [0.15, 0.2) is 0 Å². The Labute approximate surface area is 105 Å². The number of esters is 1. The van der Waals surface area contributed by atoms with Gasteiger partial charge in [0, 0.05) is 6.42 Å². The lowest BCUT2D eigenvalue weighted by Crippen LogP contribution is -2.59. The van der Waals surface area contributed by atoms with E-state index in [4.69, 9.17) is 14.6 Å². The maximum Gasteiger partial charge on any atom is 0.308 e. The summed E-state index contributed by atoms with van der Waals surface area (Å²) in [5.74, 6) is -0.554. The van der Waals surface area contributed by atoms with E-state index in [0.29, 0.717) is 6.42 Å². The molecule has 1 saturated heterocycles. The predicted octanol–water partition coefficient (Wildman–Crippen LogP) is -1.48. The minimum Gasteiger partial charge on any atom is -0.433 e. The molecule has 5 atom stereocenters. The van der Waals surface area contributed by atoms with Gasteiger partial charge in [0.25, 0.3) is 0 Å². The molecule has 4 N–H and O–H groups in total. The van der Waals surface area contributed by atoms with Crippen molar-refractivity contribution in [2.24, 2.45) is 0 Å². The second kappa shape index (κ2) is 7.01. The normalized spacial score (nSPS) is 36.4. The fraction of sp³-hybridized carbons (Fsp3) is 0.909. The Morgan fingerprint density at radius 3 is 2.44 bits per heavy atom. The first-order chi connectivity index (χ1) is 8.51. The monoisotopic (exact) mass is 264 g/mol. The SMILES string of the molecule is CCCCC(=O)OC1O[C@H](CO)[C@@H](O)[C@@H](O)[C@@H]1O. The molecule has 0 aromatic rings. The summed E-state index contributed by atoms with van der Waals surface area (Å²) in [5.41, 5.74) is 0. The van der Waals surface area contributed by atoms with Gasteiger partial charge in [-0.2, -0.15) is 0 Å². The van der Waals surface area contributed by atoms with E-state index in [2.05, 4.69) is 0 Å². The molecule has 7 heteroatoms. The average Bonchev–Trinajstić information content (AvgIpc) is 2.37. The number of carbonyl (C=O) groups is 1. The quantitative estimate of drug-likeness (QED) is 0.447. The van der Waals surface area contributed by atoms with E-state index in [9.17, 15) is 20.1 Å². The molecule has 1 fully saturated rings. The first kappa shape index (κ1) is 15.3. The zero-order valence-corrected chi connectivity index (χ0v) is 10.2. The van der Waals surface area contributed by atoms with Crippen LogP contribution in [0.3, 0.4) is 0 Å². The molecule has 1 heterocycles. The van der Waals surface area contributed by atoms with Crippen molar-refractivity contribution in [3.8, 4) is 0 Å². The van der Waals surface area contributed by atoms with Gasteiger partial charge in [0.05, 0.1) is 6.61 Å². The zero-order valence-electron chi connectivity index (χ0n) is 10.2. The lowest BCUT2D eigenvalue weighted by molar-refractivity contribution is -0.292. The number of ether oxygens (including phenoxy) is 2. The van der Waals surface area contributed by atoms with Gasteiger partial charge in [-0.05, 0) is 6.42 Å². The van der Waals surface area contributed by atoms with Gasteiger partial charge in [-0.15, -0.1) is 0 Å². The maximum absolute atomic E-state index is 11.4. The highest BCUT2D eigenvalue weighted by molar-refractivity contribution is 5.69. The Bertz CT molecular complexity index is 268. The van der Waals surface area contributed by atoms with Crippen LogP contribution in [0.4, 0.5) is 0 Å². The number of carbonyl (C=O) groups excluding carboxylic acids is 1. The highest BCUT2D eigenvalue weighted by Crippen LogP contribution is 2.22. The molecule has 1 rings (SSSR count). The van der Waals surface area contributed by atoms with Gasteiger partial charge in [0.1, 0.15) is 24.4 Å². The number of hydrogen-bond donors (Lipinski definition) is 4. The molecule has 0 aromatic carbocycles. The van der Waals surface area contributed by atoms with Crippen molar-refractivity contribution in [3.05, 3.63) is 0 Å². The molecule has 0 radical (unpaired) electrons. The van der Waals surface area contributed by atoms with Gasteiger partial charge in [-0.1, -0.05) is 13.3 Å². The lowest BCUT2D eigenvalue weighted by atomic mass is 9.99. The Kier molecular flexibility index (Phi) is 5.97.